The quantitative estimate of drug-likeness (QED) is 0.506. The molecular weight excluding hydrogens is 463 g/mol. The molecule has 1 aliphatic rings. The van der Waals surface area contributed by atoms with Gasteiger partial charge in [0.2, 0.25) is 0 Å². The summed E-state index contributed by atoms with van der Waals surface area (Å²) < 4.78 is 47.0. The van der Waals surface area contributed by atoms with Crippen molar-refractivity contribution in [2.75, 3.05) is 12.4 Å². The van der Waals surface area contributed by atoms with E-state index in [-0.39, 0.29) is 29.9 Å². The summed E-state index contributed by atoms with van der Waals surface area (Å²) in [5.41, 5.74) is -0.217. The van der Waals surface area contributed by atoms with Gasteiger partial charge in [-0.3, -0.25) is 9.36 Å². The van der Waals surface area contributed by atoms with E-state index < -0.39 is 11.7 Å². The van der Waals surface area contributed by atoms with Crippen LogP contribution in [0.25, 0.3) is 5.69 Å². The average molecular weight is 484 g/mol. The summed E-state index contributed by atoms with van der Waals surface area (Å²) in [4.78, 5) is 16.5. The number of hydrogen-bond acceptors (Lipinski definition) is 7. The standard InChI is InChI=1S/C20H20F3N5O2S2/c1-12-25-16(11-31-12)18(29)24-9-17-26-27-19(32-10-15-6-3-7-30-15)28(17)14-5-2-4-13(8-14)20(21,22)23/h2,4-5,8,11,15H,3,6-7,9-10H2,1H3,(H,24,29)/t15-/m1/s1. The molecule has 0 radical (unpaired) electrons. The van der Waals surface area contributed by atoms with E-state index in [1.165, 1.54) is 29.2 Å². The van der Waals surface area contributed by atoms with Gasteiger partial charge in [-0.15, -0.1) is 21.5 Å². The number of carbonyl (C=O) groups excluding carboxylic acids is 1. The van der Waals surface area contributed by atoms with Crippen molar-refractivity contribution in [1.82, 2.24) is 25.1 Å². The Hall–Kier alpha value is -2.44. The third-order valence-electron chi connectivity index (χ3n) is 4.81. The molecule has 1 atom stereocenters. The number of nitrogens with zero attached hydrogens (tertiary/aromatic N) is 4. The van der Waals surface area contributed by atoms with Gasteiger partial charge in [0, 0.05) is 17.7 Å². The summed E-state index contributed by atoms with van der Waals surface area (Å²) in [6, 6.07) is 4.96. The Balaban J connectivity index is 1.60. The first-order valence-electron chi connectivity index (χ1n) is 9.88. The van der Waals surface area contributed by atoms with Crippen LogP contribution in [-0.2, 0) is 17.5 Å². The van der Waals surface area contributed by atoms with Gasteiger partial charge in [-0.05, 0) is 38.0 Å². The maximum atomic E-state index is 13.3. The number of aromatic nitrogens is 4. The zero-order valence-electron chi connectivity index (χ0n) is 17.1. The van der Waals surface area contributed by atoms with Gasteiger partial charge in [0.05, 0.1) is 28.9 Å². The zero-order valence-corrected chi connectivity index (χ0v) is 18.7. The fourth-order valence-corrected chi connectivity index (χ4v) is 4.88. The Morgan fingerprint density at radius 1 is 1.38 bits per heavy atom. The van der Waals surface area contributed by atoms with Crippen molar-refractivity contribution in [3.05, 3.63) is 51.7 Å². The number of halogens is 3. The summed E-state index contributed by atoms with van der Waals surface area (Å²) in [5, 5.41) is 13.9. The number of thiazole rings is 1. The predicted octanol–water partition coefficient (Wildman–Crippen LogP) is 4.25. The molecule has 12 heteroatoms. The van der Waals surface area contributed by atoms with Gasteiger partial charge in [-0.2, -0.15) is 13.2 Å². The third kappa shape index (κ3) is 5.30. The zero-order chi connectivity index (χ0) is 22.7. The van der Waals surface area contributed by atoms with Gasteiger partial charge in [-0.1, -0.05) is 17.8 Å². The molecule has 0 bridgehead atoms. The molecule has 4 rings (SSSR count). The van der Waals surface area contributed by atoms with Crippen LogP contribution < -0.4 is 5.32 Å². The van der Waals surface area contributed by atoms with Crippen molar-refractivity contribution in [2.45, 2.75) is 43.7 Å². The number of aryl methyl sites for hydroxylation is 1. The van der Waals surface area contributed by atoms with Crippen LogP contribution >= 0.6 is 23.1 Å². The highest BCUT2D eigenvalue weighted by Gasteiger charge is 2.31. The van der Waals surface area contributed by atoms with Gasteiger partial charge in [-0.25, -0.2) is 4.98 Å². The van der Waals surface area contributed by atoms with Crippen LogP contribution in [0.3, 0.4) is 0 Å². The summed E-state index contributed by atoms with van der Waals surface area (Å²) in [6.07, 6.45) is -2.49. The first-order chi connectivity index (χ1) is 15.3. The molecule has 32 heavy (non-hydrogen) atoms. The molecule has 1 fully saturated rings. The molecular formula is C20H20F3N5O2S2. The average Bonchev–Trinajstić information content (AvgIpc) is 3.51. The number of rotatable bonds is 7. The van der Waals surface area contributed by atoms with Crippen LogP contribution in [0.2, 0.25) is 0 Å². The lowest BCUT2D eigenvalue weighted by Crippen LogP contribution is -2.25. The molecule has 0 spiro atoms. The second kappa shape index (κ2) is 9.59. The van der Waals surface area contributed by atoms with Crippen LogP contribution in [0.5, 0.6) is 0 Å². The molecule has 0 unspecified atom stereocenters. The molecule has 0 saturated carbocycles. The number of hydrogen-bond donors (Lipinski definition) is 1. The van der Waals surface area contributed by atoms with E-state index in [0.717, 1.165) is 30.0 Å². The number of thioether (sulfide) groups is 1. The molecule has 1 N–H and O–H groups in total. The Kier molecular flexibility index (Phi) is 6.82. The number of amides is 1. The van der Waals surface area contributed by atoms with E-state index in [1.807, 2.05) is 0 Å². The molecule has 1 amide bonds. The van der Waals surface area contributed by atoms with Crippen LogP contribution in [0.4, 0.5) is 13.2 Å². The van der Waals surface area contributed by atoms with E-state index >= 15 is 0 Å². The minimum atomic E-state index is -4.48. The first kappa shape index (κ1) is 22.7. The van der Waals surface area contributed by atoms with E-state index in [4.69, 9.17) is 4.74 Å². The molecule has 1 aliphatic heterocycles. The topological polar surface area (TPSA) is 81.9 Å². The minimum Gasteiger partial charge on any atom is -0.377 e. The highest BCUT2D eigenvalue weighted by molar-refractivity contribution is 7.99. The summed E-state index contributed by atoms with van der Waals surface area (Å²) in [6.45, 7) is 2.49. The molecule has 0 aliphatic carbocycles. The Morgan fingerprint density at radius 2 is 2.22 bits per heavy atom. The maximum Gasteiger partial charge on any atom is 0.416 e. The molecule has 3 aromatic rings. The molecule has 2 aromatic heterocycles. The smallest absolute Gasteiger partial charge is 0.377 e. The van der Waals surface area contributed by atoms with Crippen LogP contribution in [0.15, 0.2) is 34.8 Å². The second-order valence-corrected chi connectivity index (χ2v) is 9.21. The lowest BCUT2D eigenvalue weighted by molar-refractivity contribution is -0.137. The van der Waals surface area contributed by atoms with Crippen LogP contribution in [0, 0.1) is 6.92 Å². The van der Waals surface area contributed by atoms with Crippen molar-refractivity contribution < 1.29 is 22.7 Å². The van der Waals surface area contributed by atoms with E-state index in [0.29, 0.717) is 23.3 Å². The molecule has 7 nitrogen and oxygen atoms in total. The summed E-state index contributed by atoms with van der Waals surface area (Å²) in [5.74, 6) is 0.544. The lowest BCUT2D eigenvalue weighted by Gasteiger charge is -2.14. The van der Waals surface area contributed by atoms with Gasteiger partial charge < -0.3 is 10.1 Å². The molecule has 1 saturated heterocycles. The fourth-order valence-electron chi connectivity index (χ4n) is 3.25. The predicted molar refractivity (Wildman–Crippen MR) is 114 cm³/mol. The van der Waals surface area contributed by atoms with Gasteiger partial charge in [0.15, 0.2) is 11.0 Å². The summed E-state index contributed by atoms with van der Waals surface area (Å²) >= 11 is 2.72. The lowest BCUT2D eigenvalue weighted by atomic mass is 10.2. The Labute approximate surface area is 190 Å². The molecule has 1 aromatic carbocycles. The van der Waals surface area contributed by atoms with Gasteiger partial charge in [0.1, 0.15) is 5.69 Å². The highest BCUT2D eigenvalue weighted by atomic mass is 32.2. The van der Waals surface area contributed by atoms with E-state index in [9.17, 15) is 18.0 Å². The minimum absolute atomic E-state index is 0.0147. The monoisotopic (exact) mass is 483 g/mol. The van der Waals surface area contributed by atoms with Crippen molar-refractivity contribution in [2.24, 2.45) is 0 Å². The SMILES string of the molecule is Cc1nc(C(=O)NCc2nnc(SC[C@H]3CCCO3)n2-c2cccc(C(F)(F)F)c2)cs1. The van der Waals surface area contributed by atoms with Crippen molar-refractivity contribution in [3.63, 3.8) is 0 Å². The normalized spacial score (nSPS) is 16.4. The van der Waals surface area contributed by atoms with Crippen molar-refractivity contribution in [1.29, 1.82) is 0 Å². The van der Waals surface area contributed by atoms with E-state index in [2.05, 4.69) is 20.5 Å². The number of nitrogens with one attached hydrogen (secondary N) is 1. The highest BCUT2D eigenvalue weighted by Crippen LogP contribution is 2.32. The second-order valence-electron chi connectivity index (χ2n) is 7.16. The Bertz CT molecular complexity index is 1090. The summed E-state index contributed by atoms with van der Waals surface area (Å²) in [7, 11) is 0. The van der Waals surface area contributed by atoms with E-state index in [1.54, 1.807) is 22.9 Å². The third-order valence-corrected chi connectivity index (χ3v) is 6.65. The van der Waals surface area contributed by atoms with Gasteiger partial charge in [0.25, 0.3) is 5.91 Å². The number of alkyl halides is 3. The number of benzene rings is 1. The van der Waals surface area contributed by atoms with Crippen LogP contribution in [0.1, 0.15) is 39.7 Å². The molecule has 170 valence electrons. The fraction of sp³-hybridized carbons (Fsp3) is 0.400. The van der Waals surface area contributed by atoms with Crippen LogP contribution in [-0.4, -0.2) is 44.1 Å². The molecule has 3 heterocycles. The van der Waals surface area contributed by atoms with Crippen molar-refractivity contribution >= 4 is 29.0 Å². The number of carbonyl (C=O) groups is 1. The maximum absolute atomic E-state index is 13.3. The van der Waals surface area contributed by atoms with Gasteiger partial charge >= 0.3 is 6.18 Å². The largest absolute Gasteiger partial charge is 0.416 e. The van der Waals surface area contributed by atoms with Crippen molar-refractivity contribution in [3.8, 4) is 5.69 Å². The Morgan fingerprint density at radius 3 is 2.91 bits per heavy atom. The number of ether oxygens (including phenoxy) is 1. The first-order valence-corrected chi connectivity index (χ1v) is 11.7.